The maximum Gasteiger partial charge on any atom is 0.137 e. The number of rotatable bonds is 5. The molecule has 0 bridgehead atoms. The minimum atomic E-state index is -0.397. The van der Waals surface area contributed by atoms with Crippen molar-refractivity contribution >= 4 is 15.9 Å². The van der Waals surface area contributed by atoms with Gasteiger partial charge in [-0.2, -0.15) is 0 Å². The van der Waals surface area contributed by atoms with Gasteiger partial charge in [0.05, 0.1) is 13.1 Å². The fourth-order valence-electron chi connectivity index (χ4n) is 3.20. The Morgan fingerprint density at radius 3 is 2.45 bits per heavy atom. The Hall–Kier alpha value is -0.580. The number of quaternary nitrogens is 1. The topological polar surface area (TPSA) is 33.9 Å². The molecule has 3 nitrogen and oxygen atoms in total. The summed E-state index contributed by atoms with van der Waals surface area (Å²) < 4.78 is 6.67. The zero-order valence-corrected chi connectivity index (χ0v) is 13.9. The van der Waals surface area contributed by atoms with Crippen LogP contribution in [0.5, 0.6) is 5.75 Å². The summed E-state index contributed by atoms with van der Waals surface area (Å²) in [4.78, 5) is 1.50. The highest BCUT2D eigenvalue weighted by atomic mass is 79.9. The van der Waals surface area contributed by atoms with E-state index in [9.17, 15) is 5.11 Å². The maximum absolute atomic E-state index is 10.1. The molecule has 1 aromatic rings. The average molecular weight is 343 g/mol. The highest BCUT2D eigenvalue weighted by Crippen LogP contribution is 2.16. The highest BCUT2D eigenvalue weighted by molar-refractivity contribution is 9.10. The Morgan fingerprint density at radius 1 is 1.25 bits per heavy atom. The SMILES string of the molecule is C[C@H]1C[C@H](C)C[NH+](C[C@H](O)COc2ccc(Br)cc2)C1. The average Bonchev–Trinajstić information content (AvgIpc) is 2.37. The lowest BCUT2D eigenvalue weighted by Gasteiger charge is -2.33. The third-order valence-corrected chi connectivity index (χ3v) is 4.39. The Labute approximate surface area is 130 Å². The largest absolute Gasteiger partial charge is 0.491 e. The molecule has 0 amide bonds. The molecule has 112 valence electrons. The molecular formula is C16H25BrNO2+. The van der Waals surface area contributed by atoms with Crippen molar-refractivity contribution in [2.45, 2.75) is 26.4 Å². The van der Waals surface area contributed by atoms with Gasteiger partial charge in [-0.3, -0.25) is 0 Å². The van der Waals surface area contributed by atoms with E-state index in [0.717, 1.165) is 28.6 Å². The number of hydrogen-bond acceptors (Lipinski definition) is 2. The number of nitrogens with one attached hydrogen (secondary N) is 1. The van der Waals surface area contributed by atoms with Crippen LogP contribution in [0.2, 0.25) is 0 Å². The van der Waals surface area contributed by atoms with Crippen LogP contribution >= 0.6 is 15.9 Å². The molecule has 0 aliphatic carbocycles. The Bertz CT molecular complexity index is 399. The van der Waals surface area contributed by atoms with Crippen LogP contribution in [-0.2, 0) is 0 Å². The van der Waals surface area contributed by atoms with Gasteiger partial charge in [0.2, 0.25) is 0 Å². The lowest BCUT2D eigenvalue weighted by molar-refractivity contribution is -0.915. The Balaban J connectivity index is 1.74. The first-order valence-corrected chi connectivity index (χ1v) is 8.22. The van der Waals surface area contributed by atoms with E-state index in [1.54, 1.807) is 0 Å². The van der Waals surface area contributed by atoms with E-state index in [2.05, 4.69) is 29.8 Å². The van der Waals surface area contributed by atoms with Crippen LogP contribution in [0.1, 0.15) is 20.3 Å². The number of hydrogen-bond donors (Lipinski definition) is 2. The summed E-state index contributed by atoms with van der Waals surface area (Å²) in [5.41, 5.74) is 0. The second-order valence-corrected chi connectivity index (χ2v) is 7.14. The third kappa shape index (κ3) is 5.08. The third-order valence-electron chi connectivity index (χ3n) is 3.86. The number of halogens is 1. The summed E-state index contributed by atoms with van der Waals surface area (Å²) in [6.45, 7) is 8.10. The van der Waals surface area contributed by atoms with Crippen molar-refractivity contribution in [2.24, 2.45) is 11.8 Å². The van der Waals surface area contributed by atoms with Crippen molar-refractivity contribution in [2.75, 3.05) is 26.2 Å². The van der Waals surface area contributed by atoms with Crippen LogP contribution in [-0.4, -0.2) is 37.5 Å². The molecule has 2 N–H and O–H groups in total. The highest BCUT2D eigenvalue weighted by Gasteiger charge is 2.26. The zero-order valence-electron chi connectivity index (χ0n) is 12.3. The smallest absolute Gasteiger partial charge is 0.137 e. The van der Waals surface area contributed by atoms with Crippen LogP contribution in [0.15, 0.2) is 28.7 Å². The van der Waals surface area contributed by atoms with E-state index < -0.39 is 6.10 Å². The van der Waals surface area contributed by atoms with Crippen molar-refractivity contribution in [3.05, 3.63) is 28.7 Å². The lowest BCUT2D eigenvalue weighted by atomic mass is 9.92. The van der Waals surface area contributed by atoms with Crippen molar-refractivity contribution in [3.63, 3.8) is 0 Å². The fraction of sp³-hybridized carbons (Fsp3) is 0.625. The van der Waals surface area contributed by atoms with Gasteiger partial charge < -0.3 is 14.7 Å². The first kappa shape index (κ1) is 15.8. The van der Waals surface area contributed by atoms with Crippen LogP contribution in [0.3, 0.4) is 0 Å². The minimum absolute atomic E-state index is 0.369. The molecule has 2 rings (SSSR count). The van der Waals surface area contributed by atoms with Crippen LogP contribution in [0.4, 0.5) is 0 Å². The molecule has 1 fully saturated rings. The molecule has 1 aromatic carbocycles. The second kappa shape index (κ2) is 7.43. The van der Waals surface area contributed by atoms with E-state index >= 15 is 0 Å². The molecule has 1 aliphatic heterocycles. The predicted molar refractivity (Wildman–Crippen MR) is 84.2 cm³/mol. The second-order valence-electron chi connectivity index (χ2n) is 6.23. The van der Waals surface area contributed by atoms with E-state index in [0.29, 0.717) is 6.61 Å². The van der Waals surface area contributed by atoms with Gasteiger partial charge >= 0.3 is 0 Å². The van der Waals surface area contributed by atoms with Crippen molar-refractivity contribution < 1.29 is 14.7 Å². The number of aliphatic hydroxyl groups excluding tert-OH is 1. The van der Waals surface area contributed by atoms with Gasteiger partial charge in [-0.15, -0.1) is 0 Å². The normalized spacial score (nSPS) is 28.1. The van der Waals surface area contributed by atoms with Gasteiger partial charge in [0, 0.05) is 16.3 Å². The molecule has 0 spiro atoms. The molecule has 1 heterocycles. The molecule has 20 heavy (non-hydrogen) atoms. The molecule has 1 saturated heterocycles. The van der Waals surface area contributed by atoms with Gasteiger partial charge in [0.15, 0.2) is 0 Å². The van der Waals surface area contributed by atoms with Gasteiger partial charge in [0.25, 0.3) is 0 Å². The lowest BCUT2D eigenvalue weighted by Crippen LogP contribution is -3.15. The summed E-state index contributed by atoms with van der Waals surface area (Å²) in [6, 6.07) is 7.71. The van der Waals surface area contributed by atoms with Crippen LogP contribution < -0.4 is 9.64 Å². The van der Waals surface area contributed by atoms with E-state index in [1.807, 2.05) is 24.3 Å². The molecule has 0 saturated carbocycles. The number of aliphatic hydroxyl groups is 1. The Morgan fingerprint density at radius 2 is 1.85 bits per heavy atom. The number of piperidine rings is 1. The van der Waals surface area contributed by atoms with Gasteiger partial charge in [-0.05, 0) is 30.7 Å². The van der Waals surface area contributed by atoms with E-state index in [-0.39, 0.29) is 0 Å². The monoisotopic (exact) mass is 342 g/mol. The molecule has 4 heteroatoms. The number of likely N-dealkylation sites (tertiary alicyclic amines) is 1. The summed E-state index contributed by atoms with van der Waals surface area (Å²) in [6.07, 6.45) is 0.917. The Kier molecular flexibility index (Phi) is 5.87. The molecular weight excluding hydrogens is 318 g/mol. The fourth-order valence-corrected chi connectivity index (χ4v) is 3.47. The molecule has 3 atom stereocenters. The summed E-state index contributed by atoms with van der Waals surface area (Å²) in [5.74, 6) is 2.32. The molecule has 0 unspecified atom stereocenters. The quantitative estimate of drug-likeness (QED) is 0.854. The summed E-state index contributed by atoms with van der Waals surface area (Å²) in [5, 5.41) is 10.1. The first-order valence-electron chi connectivity index (χ1n) is 7.43. The zero-order chi connectivity index (χ0) is 14.5. The van der Waals surface area contributed by atoms with Crippen LogP contribution in [0.25, 0.3) is 0 Å². The predicted octanol–water partition coefficient (Wildman–Crippen LogP) is 1.75. The van der Waals surface area contributed by atoms with Gasteiger partial charge in [-0.1, -0.05) is 29.8 Å². The first-order chi connectivity index (χ1) is 9.52. The summed E-state index contributed by atoms with van der Waals surface area (Å²) in [7, 11) is 0. The number of benzene rings is 1. The van der Waals surface area contributed by atoms with Crippen molar-refractivity contribution in [1.29, 1.82) is 0 Å². The molecule has 1 aliphatic rings. The van der Waals surface area contributed by atoms with Gasteiger partial charge in [-0.25, -0.2) is 0 Å². The minimum Gasteiger partial charge on any atom is -0.491 e. The van der Waals surface area contributed by atoms with Gasteiger partial charge in [0.1, 0.15) is 25.0 Å². The molecule has 0 aromatic heterocycles. The number of ether oxygens (including phenoxy) is 1. The van der Waals surface area contributed by atoms with Crippen molar-refractivity contribution in [3.8, 4) is 5.75 Å². The maximum atomic E-state index is 10.1. The van der Waals surface area contributed by atoms with Crippen molar-refractivity contribution in [1.82, 2.24) is 0 Å². The van der Waals surface area contributed by atoms with Crippen LogP contribution in [0, 0.1) is 11.8 Å². The van der Waals surface area contributed by atoms with E-state index in [4.69, 9.17) is 4.74 Å². The standard InChI is InChI=1S/C16H24BrNO2/c1-12-7-13(2)9-18(8-12)10-15(19)11-20-16-5-3-14(17)4-6-16/h3-6,12-13,15,19H,7-11H2,1-2H3/p+1/t12-,13-,15-/m0/s1. The van der Waals surface area contributed by atoms with E-state index in [1.165, 1.54) is 24.4 Å². The summed E-state index contributed by atoms with van der Waals surface area (Å²) >= 11 is 3.39. The molecule has 0 radical (unpaired) electrons.